The Labute approximate surface area is 113 Å². The number of hydrogen-bond donors (Lipinski definition) is 2. The fourth-order valence-corrected chi connectivity index (χ4v) is 1.67. The van der Waals surface area contributed by atoms with E-state index in [0.29, 0.717) is 6.54 Å². The molecule has 0 aliphatic carbocycles. The minimum Gasteiger partial charge on any atom is -0.481 e. The van der Waals surface area contributed by atoms with E-state index in [9.17, 15) is 9.18 Å². The quantitative estimate of drug-likeness (QED) is 0.756. The van der Waals surface area contributed by atoms with E-state index in [0.717, 1.165) is 19.3 Å². The lowest BCUT2D eigenvalue weighted by atomic mass is 10.1. The summed E-state index contributed by atoms with van der Waals surface area (Å²) in [5, 5.41) is 2.78. The highest BCUT2D eigenvalue weighted by Crippen LogP contribution is 2.14. The third-order valence-corrected chi connectivity index (χ3v) is 2.75. The first-order chi connectivity index (χ1) is 9.17. The maximum absolute atomic E-state index is 13.3. The number of benzene rings is 1. The van der Waals surface area contributed by atoms with Crippen molar-refractivity contribution in [3.05, 3.63) is 30.1 Å². The van der Waals surface area contributed by atoms with Gasteiger partial charge in [-0.05, 0) is 18.6 Å². The largest absolute Gasteiger partial charge is 0.481 e. The van der Waals surface area contributed by atoms with E-state index in [-0.39, 0.29) is 24.3 Å². The Morgan fingerprint density at radius 1 is 1.47 bits per heavy atom. The number of carbonyl (C=O) groups is 1. The van der Waals surface area contributed by atoms with Crippen LogP contribution in [0.3, 0.4) is 0 Å². The SMILES string of the molecule is CCCCC(CN)NC(=O)COc1ccccc1F. The first-order valence-electron chi connectivity index (χ1n) is 6.54. The molecule has 1 atom stereocenters. The Bertz CT molecular complexity index is 399. The van der Waals surface area contributed by atoms with Crippen LogP contribution in [0.2, 0.25) is 0 Å². The van der Waals surface area contributed by atoms with Crippen LogP contribution in [-0.4, -0.2) is 25.1 Å². The van der Waals surface area contributed by atoms with Crippen LogP contribution in [0.4, 0.5) is 4.39 Å². The summed E-state index contributed by atoms with van der Waals surface area (Å²) in [4.78, 5) is 11.6. The second-order valence-corrected chi connectivity index (χ2v) is 4.36. The van der Waals surface area contributed by atoms with E-state index >= 15 is 0 Å². The first-order valence-corrected chi connectivity index (χ1v) is 6.54. The van der Waals surface area contributed by atoms with Crippen LogP contribution in [0.5, 0.6) is 5.75 Å². The number of amides is 1. The molecule has 1 rings (SSSR count). The van der Waals surface area contributed by atoms with E-state index in [4.69, 9.17) is 10.5 Å². The monoisotopic (exact) mass is 268 g/mol. The highest BCUT2D eigenvalue weighted by molar-refractivity contribution is 5.77. The molecule has 1 unspecified atom stereocenters. The van der Waals surface area contributed by atoms with Crippen LogP contribution in [-0.2, 0) is 4.79 Å². The average molecular weight is 268 g/mol. The summed E-state index contributed by atoms with van der Waals surface area (Å²) < 4.78 is 18.4. The van der Waals surface area contributed by atoms with Crippen LogP contribution in [0.15, 0.2) is 24.3 Å². The van der Waals surface area contributed by atoms with Gasteiger partial charge in [0.2, 0.25) is 0 Å². The van der Waals surface area contributed by atoms with Gasteiger partial charge in [0.1, 0.15) is 0 Å². The lowest BCUT2D eigenvalue weighted by molar-refractivity contribution is -0.123. The molecule has 0 heterocycles. The van der Waals surface area contributed by atoms with E-state index in [1.54, 1.807) is 12.1 Å². The number of halogens is 1. The number of para-hydroxylation sites is 1. The van der Waals surface area contributed by atoms with Crippen molar-refractivity contribution in [2.75, 3.05) is 13.2 Å². The standard InChI is InChI=1S/C14H21FN2O2/c1-2-3-6-11(9-16)17-14(18)10-19-13-8-5-4-7-12(13)15/h4-5,7-8,11H,2-3,6,9-10,16H2,1H3,(H,17,18). The molecule has 106 valence electrons. The number of nitrogens with one attached hydrogen (secondary N) is 1. The van der Waals surface area contributed by atoms with Gasteiger partial charge < -0.3 is 15.8 Å². The van der Waals surface area contributed by atoms with Crippen molar-refractivity contribution in [2.24, 2.45) is 5.73 Å². The van der Waals surface area contributed by atoms with Crippen molar-refractivity contribution in [1.29, 1.82) is 0 Å². The van der Waals surface area contributed by atoms with Crippen molar-refractivity contribution in [1.82, 2.24) is 5.32 Å². The van der Waals surface area contributed by atoms with E-state index < -0.39 is 5.82 Å². The zero-order chi connectivity index (χ0) is 14.1. The fraction of sp³-hybridized carbons (Fsp3) is 0.500. The molecule has 0 saturated heterocycles. The number of ether oxygens (including phenoxy) is 1. The maximum atomic E-state index is 13.3. The van der Waals surface area contributed by atoms with Crippen molar-refractivity contribution >= 4 is 5.91 Å². The Kier molecular flexibility index (Phi) is 6.89. The molecule has 19 heavy (non-hydrogen) atoms. The number of hydrogen-bond acceptors (Lipinski definition) is 3. The van der Waals surface area contributed by atoms with Crippen LogP contribution >= 0.6 is 0 Å². The molecule has 0 spiro atoms. The average Bonchev–Trinajstić information content (AvgIpc) is 2.42. The van der Waals surface area contributed by atoms with E-state index in [1.165, 1.54) is 12.1 Å². The summed E-state index contributed by atoms with van der Waals surface area (Å²) in [7, 11) is 0. The molecule has 0 aromatic heterocycles. The molecule has 0 fully saturated rings. The van der Waals surface area contributed by atoms with Gasteiger partial charge in [-0.3, -0.25) is 4.79 Å². The molecule has 0 radical (unpaired) electrons. The molecule has 0 saturated carbocycles. The molecule has 1 amide bonds. The first kappa shape index (κ1) is 15.4. The van der Waals surface area contributed by atoms with Gasteiger partial charge >= 0.3 is 0 Å². The third kappa shape index (κ3) is 5.70. The lowest BCUT2D eigenvalue weighted by Crippen LogP contribution is -2.42. The van der Waals surface area contributed by atoms with Crippen molar-refractivity contribution in [3.63, 3.8) is 0 Å². The highest BCUT2D eigenvalue weighted by Gasteiger charge is 2.11. The van der Waals surface area contributed by atoms with Gasteiger partial charge in [0.15, 0.2) is 18.2 Å². The van der Waals surface area contributed by atoms with Gasteiger partial charge in [0.05, 0.1) is 0 Å². The molecular formula is C14H21FN2O2. The van der Waals surface area contributed by atoms with Crippen LogP contribution in [0.25, 0.3) is 0 Å². The molecule has 1 aromatic rings. The highest BCUT2D eigenvalue weighted by atomic mass is 19.1. The summed E-state index contributed by atoms with van der Waals surface area (Å²) in [5.74, 6) is -0.679. The van der Waals surface area contributed by atoms with Crippen molar-refractivity contribution in [3.8, 4) is 5.75 Å². The molecule has 5 heteroatoms. The second kappa shape index (κ2) is 8.48. The van der Waals surface area contributed by atoms with Gasteiger partial charge in [-0.25, -0.2) is 4.39 Å². The summed E-state index contributed by atoms with van der Waals surface area (Å²) in [6, 6.07) is 5.95. The molecule has 3 N–H and O–H groups in total. The van der Waals surface area contributed by atoms with Gasteiger partial charge in [-0.15, -0.1) is 0 Å². The minimum absolute atomic E-state index is 0.0447. The number of carbonyl (C=O) groups excluding carboxylic acids is 1. The zero-order valence-corrected chi connectivity index (χ0v) is 11.2. The maximum Gasteiger partial charge on any atom is 0.258 e. The Hall–Kier alpha value is -1.62. The normalized spacial score (nSPS) is 11.9. The third-order valence-electron chi connectivity index (χ3n) is 2.75. The summed E-state index contributed by atoms with van der Waals surface area (Å²) in [6.45, 7) is 2.27. The molecule has 0 aliphatic rings. The van der Waals surface area contributed by atoms with Crippen LogP contribution in [0.1, 0.15) is 26.2 Å². The van der Waals surface area contributed by atoms with Crippen LogP contribution < -0.4 is 15.8 Å². The van der Waals surface area contributed by atoms with Gasteiger partial charge in [0.25, 0.3) is 5.91 Å². The van der Waals surface area contributed by atoms with Gasteiger partial charge in [-0.2, -0.15) is 0 Å². The van der Waals surface area contributed by atoms with Crippen molar-refractivity contribution in [2.45, 2.75) is 32.2 Å². The number of rotatable bonds is 8. The predicted octanol–water partition coefficient (Wildman–Crippen LogP) is 1.84. The predicted molar refractivity (Wildman–Crippen MR) is 72.4 cm³/mol. The fourth-order valence-electron chi connectivity index (χ4n) is 1.67. The summed E-state index contributed by atoms with van der Waals surface area (Å²) in [5.41, 5.74) is 5.58. The zero-order valence-electron chi connectivity index (χ0n) is 11.2. The topological polar surface area (TPSA) is 64.3 Å². The Balaban J connectivity index is 2.36. The molecule has 0 aliphatic heterocycles. The molecule has 1 aromatic carbocycles. The van der Waals surface area contributed by atoms with Gasteiger partial charge in [0, 0.05) is 12.6 Å². The van der Waals surface area contributed by atoms with Crippen LogP contribution in [0, 0.1) is 5.82 Å². The summed E-state index contributed by atoms with van der Waals surface area (Å²) >= 11 is 0. The Morgan fingerprint density at radius 2 is 2.21 bits per heavy atom. The van der Waals surface area contributed by atoms with Crippen molar-refractivity contribution < 1.29 is 13.9 Å². The molecule has 4 nitrogen and oxygen atoms in total. The van der Waals surface area contributed by atoms with E-state index in [2.05, 4.69) is 12.2 Å². The molecule has 0 bridgehead atoms. The second-order valence-electron chi connectivity index (χ2n) is 4.36. The van der Waals surface area contributed by atoms with E-state index in [1.807, 2.05) is 0 Å². The molecular weight excluding hydrogens is 247 g/mol. The summed E-state index contributed by atoms with van der Waals surface area (Å²) in [6.07, 6.45) is 2.91. The lowest BCUT2D eigenvalue weighted by Gasteiger charge is -2.16. The Morgan fingerprint density at radius 3 is 2.84 bits per heavy atom. The van der Waals surface area contributed by atoms with Gasteiger partial charge in [-0.1, -0.05) is 31.9 Å². The number of nitrogens with two attached hydrogens (primary N) is 1. The number of unbranched alkanes of at least 4 members (excludes halogenated alkanes) is 1. The minimum atomic E-state index is -0.475. The smallest absolute Gasteiger partial charge is 0.258 e.